The molecule has 3 saturated carbocycles. The molecule has 1 unspecified atom stereocenters. The lowest BCUT2D eigenvalue weighted by Gasteiger charge is -2.60. The lowest BCUT2D eigenvalue weighted by Crippen LogP contribution is -2.62. The molecule has 35 heavy (non-hydrogen) atoms. The normalized spacial score (nSPS) is 40.2. The minimum Gasteiger partial charge on any atom is -0.458 e. The highest BCUT2D eigenvalue weighted by Crippen LogP contribution is 2.67. The third kappa shape index (κ3) is 3.93. The number of allylic oxidation sites excluding steroid dienone is 4. The Morgan fingerprint density at radius 2 is 1.89 bits per heavy atom. The quantitative estimate of drug-likeness (QED) is 0.593. The van der Waals surface area contributed by atoms with Crippen LogP contribution in [0.15, 0.2) is 23.8 Å². The fourth-order valence-corrected chi connectivity index (χ4v) is 7.35. The van der Waals surface area contributed by atoms with E-state index in [0.29, 0.717) is 19.3 Å². The van der Waals surface area contributed by atoms with E-state index in [4.69, 9.17) is 9.47 Å². The molecule has 10 heteroatoms. The van der Waals surface area contributed by atoms with Gasteiger partial charge in [0.15, 0.2) is 12.4 Å². The second-order valence-corrected chi connectivity index (χ2v) is 10.7. The number of hydrogen-bond donors (Lipinski definition) is 1. The summed E-state index contributed by atoms with van der Waals surface area (Å²) >= 11 is 0. The summed E-state index contributed by atoms with van der Waals surface area (Å²) in [6, 6.07) is 0. The first-order chi connectivity index (χ1) is 16.1. The van der Waals surface area contributed by atoms with Gasteiger partial charge in [-0.15, -0.1) is 0 Å². The van der Waals surface area contributed by atoms with Crippen molar-refractivity contribution in [2.75, 3.05) is 6.61 Å². The largest absolute Gasteiger partial charge is 0.490 e. The average Bonchev–Trinajstić information content (AvgIpc) is 3.03. The highest BCUT2D eigenvalue weighted by molar-refractivity contribution is 6.01. The number of esters is 2. The molecule has 0 spiro atoms. The number of halogens is 3. The number of carbonyl (C=O) groups is 4. The minimum absolute atomic E-state index is 0.0607. The Labute approximate surface area is 200 Å². The van der Waals surface area contributed by atoms with Crippen molar-refractivity contribution in [1.82, 2.24) is 0 Å². The molecule has 192 valence electrons. The van der Waals surface area contributed by atoms with Crippen LogP contribution >= 0.6 is 0 Å². The zero-order valence-corrected chi connectivity index (χ0v) is 19.8. The van der Waals surface area contributed by atoms with E-state index in [1.165, 1.54) is 12.2 Å². The number of ether oxygens (including phenoxy) is 2. The molecule has 0 saturated heterocycles. The molecular weight excluding hydrogens is 469 g/mol. The Morgan fingerprint density at radius 1 is 1.20 bits per heavy atom. The van der Waals surface area contributed by atoms with Crippen molar-refractivity contribution in [2.24, 2.45) is 28.6 Å². The molecule has 0 bridgehead atoms. The molecule has 7 atom stereocenters. The first kappa shape index (κ1) is 25.6. The van der Waals surface area contributed by atoms with Gasteiger partial charge in [-0.2, -0.15) is 13.2 Å². The zero-order chi connectivity index (χ0) is 26.0. The molecule has 1 N–H and O–H groups in total. The van der Waals surface area contributed by atoms with Gasteiger partial charge in [0.25, 0.3) is 0 Å². The smallest absolute Gasteiger partial charge is 0.458 e. The molecular formula is C25H29F3O7. The van der Waals surface area contributed by atoms with Crippen LogP contribution in [0.4, 0.5) is 13.2 Å². The SMILES string of the molecule is CC(=O)OCC(=O)[C@@]1(O)CC[C@H]2[C@@H]3CCC4=CC(=O)C=C[C@]4(C)[C@H]3C(OC(=O)C(F)(F)F)C[C@@]21C. The van der Waals surface area contributed by atoms with E-state index in [1.54, 1.807) is 13.0 Å². The highest BCUT2D eigenvalue weighted by atomic mass is 19.4. The van der Waals surface area contributed by atoms with Crippen LogP contribution in [0.2, 0.25) is 0 Å². The van der Waals surface area contributed by atoms with Crippen LogP contribution in [0, 0.1) is 28.6 Å². The molecule has 0 heterocycles. The summed E-state index contributed by atoms with van der Waals surface area (Å²) in [6.07, 6.45) is -0.523. The fraction of sp³-hybridized carbons (Fsp3) is 0.680. The number of fused-ring (bicyclic) bond motifs is 5. The van der Waals surface area contributed by atoms with E-state index in [2.05, 4.69) is 0 Å². The van der Waals surface area contributed by atoms with Crippen LogP contribution in [-0.2, 0) is 28.7 Å². The first-order valence-electron chi connectivity index (χ1n) is 11.7. The van der Waals surface area contributed by atoms with Gasteiger partial charge in [0, 0.05) is 23.7 Å². The lowest BCUT2D eigenvalue weighted by molar-refractivity contribution is -0.224. The maximum Gasteiger partial charge on any atom is 0.490 e. The van der Waals surface area contributed by atoms with Crippen LogP contribution in [0.1, 0.15) is 52.9 Å². The number of hydrogen-bond acceptors (Lipinski definition) is 7. The lowest BCUT2D eigenvalue weighted by atomic mass is 9.46. The zero-order valence-electron chi connectivity index (χ0n) is 19.8. The molecule has 0 aliphatic heterocycles. The van der Waals surface area contributed by atoms with Crippen LogP contribution in [0.3, 0.4) is 0 Å². The van der Waals surface area contributed by atoms with E-state index >= 15 is 0 Å². The van der Waals surface area contributed by atoms with Gasteiger partial charge in [0.05, 0.1) is 0 Å². The number of Topliss-reactive ketones (excluding diaryl/α,β-unsaturated/α-hetero) is 1. The van der Waals surface area contributed by atoms with Crippen molar-refractivity contribution in [3.63, 3.8) is 0 Å². The monoisotopic (exact) mass is 498 g/mol. The van der Waals surface area contributed by atoms with E-state index in [9.17, 15) is 37.5 Å². The minimum atomic E-state index is -5.21. The van der Waals surface area contributed by atoms with Gasteiger partial charge in [0.2, 0.25) is 5.78 Å². The number of aliphatic hydroxyl groups is 1. The molecule has 3 fully saturated rings. The second-order valence-electron chi connectivity index (χ2n) is 10.7. The third-order valence-electron chi connectivity index (χ3n) is 8.98. The number of alkyl halides is 3. The average molecular weight is 498 g/mol. The van der Waals surface area contributed by atoms with Crippen LogP contribution < -0.4 is 0 Å². The molecule has 4 aliphatic carbocycles. The Kier molecular flexibility index (Phi) is 6.06. The van der Waals surface area contributed by atoms with Gasteiger partial charge < -0.3 is 14.6 Å². The molecule has 4 rings (SSSR count). The summed E-state index contributed by atoms with van der Waals surface area (Å²) < 4.78 is 49.6. The summed E-state index contributed by atoms with van der Waals surface area (Å²) in [5.41, 5.74) is -3.18. The van der Waals surface area contributed by atoms with Crippen molar-refractivity contribution in [2.45, 2.75) is 70.8 Å². The Morgan fingerprint density at radius 3 is 2.51 bits per heavy atom. The van der Waals surface area contributed by atoms with Crippen molar-refractivity contribution in [1.29, 1.82) is 0 Å². The van der Waals surface area contributed by atoms with Crippen LogP contribution in [0.25, 0.3) is 0 Å². The number of carbonyl (C=O) groups excluding carboxylic acids is 4. The molecule has 7 nitrogen and oxygen atoms in total. The molecule has 0 aromatic rings. The summed E-state index contributed by atoms with van der Waals surface area (Å²) in [4.78, 5) is 48.2. The Hall–Kier alpha value is -2.49. The third-order valence-corrected chi connectivity index (χ3v) is 8.98. The molecule has 0 radical (unpaired) electrons. The number of rotatable bonds is 4. The van der Waals surface area contributed by atoms with Crippen molar-refractivity contribution in [3.8, 4) is 0 Å². The molecule has 0 amide bonds. The topological polar surface area (TPSA) is 107 Å². The fourth-order valence-electron chi connectivity index (χ4n) is 7.35. The van der Waals surface area contributed by atoms with Gasteiger partial charge in [-0.1, -0.05) is 25.5 Å². The summed E-state index contributed by atoms with van der Waals surface area (Å²) in [6.45, 7) is 3.97. The molecule has 0 aromatic carbocycles. The van der Waals surface area contributed by atoms with Gasteiger partial charge in [-0.25, -0.2) is 4.79 Å². The van der Waals surface area contributed by atoms with Crippen LogP contribution in [0.5, 0.6) is 0 Å². The van der Waals surface area contributed by atoms with Crippen molar-refractivity contribution < 1.29 is 46.9 Å². The maximum absolute atomic E-state index is 13.2. The van der Waals surface area contributed by atoms with Gasteiger partial charge in [-0.3, -0.25) is 14.4 Å². The van der Waals surface area contributed by atoms with Gasteiger partial charge >= 0.3 is 18.1 Å². The van der Waals surface area contributed by atoms with E-state index in [1.807, 2.05) is 6.92 Å². The number of ketones is 2. The molecule has 4 aliphatic rings. The predicted octanol–water partition coefficient (Wildman–Crippen LogP) is 3.24. The van der Waals surface area contributed by atoms with E-state index in [-0.39, 0.29) is 30.5 Å². The Bertz CT molecular complexity index is 1030. The maximum atomic E-state index is 13.2. The van der Waals surface area contributed by atoms with E-state index < -0.39 is 59.0 Å². The summed E-state index contributed by atoms with van der Waals surface area (Å²) in [5.74, 6) is -5.02. The standard InChI is InChI=1S/C25H29F3O7/c1-13(29)34-12-19(31)24(33)9-7-17-16-5-4-14-10-15(30)6-8-22(14,2)20(16)18(11-23(17,24)3)35-21(32)25(26,27)28/h6,8,10,16-18,20,33H,4-5,7,9,11-12H2,1-3H3/t16-,17-,18?,20+,22-,23-,24-/m0/s1. The highest BCUT2D eigenvalue weighted by Gasteiger charge is 2.69. The second kappa shape index (κ2) is 8.28. The van der Waals surface area contributed by atoms with Gasteiger partial charge in [-0.05, 0) is 56.1 Å². The van der Waals surface area contributed by atoms with E-state index in [0.717, 1.165) is 12.5 Å². The summed E-state index contributed by atoms with van der Waals surface area (Å²) in [5, 5.41) is 11.6. The summed E-state index contributed by atoms with van der Waals surface area (Å²) in [7, 11) is 0. The van der Waals surface area contributed by atoms with Crippen LogP contribution in [-0.4, -0.2) is 53.1 Å². The Balaban J connectivity index is 1.76. The van der Waals surface area contributed by atoms with Gasteiger partial charge in [0.1, 0.15) is 11.7 Å². The van der Waals surface area contributed by atoms with Crippen molar-refractivity contribution in [3.05, 3.63) is 23.8 Å². The van der Waals surface area contributed by atoms with Crippen molar-refractivity contribution >= 4 is 23.5 Å². The molecule has 0 aromatic heterocycles. The predicted molar refractivity (Wildman–Crippen MR) is 115 cm³/mol. The first-order valence-corrected chi connectivity index (χ1v) is 11.7.